The smallest absolute Gasteiger partial charge is 0.475 e. The topological polar surface area (TPSA) is 128 Å². The predicted octanol–water partition coefficient (Wildman–Crippen LogP) is 10.6. The van der Waals surface area contributed by atoms with Gasteiger partial charge < -0.3 is 19.5 Å². The summed E-state index contributed by atoms with van der Waals surface area (Å²) in [5.74, 6) is 1.11. The second kappa shape index (κ2) is 20.1. The molecule has 3 heterocycles. The normalized spacial score (nSPS) is 17.6. The van der Waals surface area contributed by atoms with Gasteiger partial charge in [0.1, 0.15) is 29.8 Å². The average Bonchev–Trinajstić information content (AvgIpc) is 3.95. The Kier molecular flexibility index (Phi) is 13.5. The number of nitrogens with zero attached hydrogens (tertiary/aromatic N) is 4. The Morgan fingerprint density at radius 3 is 1.68 bits per heavy atom. The van der Waals surface area contributed by atoms with E-state index in [9.17, 15) is 4.57 Å². The molecule has 14 heteroatoms. The van der Waals surface area contributed by atoms with Crippen LogP contribution in [-0.4, -0.2) is 51.6 Å². The third-order valence-corrected chi connectivity index (χ3v) is 12.6. The van der Waals surface area contributed by atoms with E-state index in [1.807, 2.05) is 140 Å². The van der Waals surface area contributed by atoms with Gasteiger partial charge in [0.15, 0.2) is 29.4 Å². The molecule has 6 aromatic carbocycles. The van der Waals surface area contributed by atoms with Crippen molar-refractivity contribution in [3.63, 3.8) is 0 Å². The Morgan fingerprint density at radius 1 is 0.646 bits per heavy atom. The monoisotopic (exact) mass is 891 g/mol. The Balaban J connectivity index is 1.04. The molecular formula is C51H47FN5O7P. The molecule has 0 amide bonds. The van der Waals surface area contributed by atoms with E-state index in [1.54, 1.807) is 18.0 Å². The molecule has 4 atom stereocenters. The van der Waals surface area contributed by atoms with E-state index in [-0.39, 0.29) is 19.8 Å². The van der Waals surface area contributed by atoms with Gasteiger partial charge in [0.05, 0.1) is 39.9 Å². The molecule has 1 aliphatic rings. The molecule has 8 aromatic rings. The molecule has 0 unspecified atom stereocenters. The first kappa shape index (κ1) is 43.7. The summed E-state index contributed by atoms with van der Waals surface area (Å²) in [6.45, 7) is -0.567. The van der Waals surface area contributed by atoms with Crippen molar-refractivity contribution in [3.05, 3.63) is 222 Å². The number of imidazole rings is 1. The van der Waals surface area contributed by atoms with Crippen molar-refractivity contribution in [2.75, 3.05) is 19.0 Å². The summed E-state index contributed by atoms with van der Waals surface area (Å²) in [5.41, 5.74) is 5.06. The lowest BCUT2D eigenvalue weighted by Gasteiger charge is -2.37. The number of phosphoric ester groups is 1. The molecule has 330 valence electrons. The number of hydrogen-bond acceptors (Lipinski definition) is 11. The van der Waals surface area contributed by atoms with Crippen molar-refractivity contribution in [3.8, 4) is 5.75 Å². The molecule has 0 bridgehead atoms. The van der Waals surface area contributed by atoms with Crippen molar-refractivity contribution in [1.29, 1.82) is 0 Å². The number of benzene rings is 6. The van der Waals surface area contributed by atoms with Crippen LogP contribution in [0.4, 0.5) is 10.2 Å². The van der Waals surface area contributed by atoms with Crippen LogP contribution in [0.3, 0.4) is 0 Å². The van der Waals surface area contributed by atoms with Gasteiger partial charge in [-0.15, -0.1) is 0 Å². The fourth-order valence-electron chi connectivity index (χ4n) is 7.96. The SMILES string of the molecule is COc1ccc(CO[C@@H]2[C@@H](F)[C@@H](COP(=O)(OCc3ccccc3)OCc3ccccc3)O[C@H]2n2cnc3c(NC(c4ccccc4)(c4ccccc4)c4ccccc4)ncnc32)cc1. The summed E-state index contributed by atoms with van der Waals surface area (Å²) in [7, 11) is -2.70. The minimum Gasteiger partial charge on any atom is -0.497 e. The second-order valence-corrected chi connectivity index (χ2v) is 17.1. The first-order chi connectivity index (χ1) is 31.9. The molecule has 0 aliphatic carbocycles. The largest absolute Gasteiger partial charge is 0.497 e. The average molecular weight is 892 g/mol. The summed E-state index contributed by atoms with van der Waals surface area (Å²) in [6.07, 6.45) is -2.35. The molecule has 65 heavy (non-hydrogen) atoms. The summed E-state index contributed by atoms with van der Waals surface area (Å²) >= 11 is 0. The van der Waals surface area contributed by atoms with E-state index in [0.717, 1.165) is 33.4 Å². The maximum atomic E-state index is 17.1. The second-order valence-electron chi connectivity index (χ2n) is 15.4. The Bertz CT molecular complexity index is 2650. The molecule has 0 saturated carbocycles. The highest BCUT2D eigenvalue weighted by molar-refractivity contribution is 7.48. The number of rotatable bonds is 19. The van der Waals surface area contributed by atoms with Crippen LogP contribution in [-0.2, 0) is 53.0 Å². The van der Waals surface area contributed by atoms with Gasteiger partial charge in [0, 0.05) is 0 Å². The number of halogens is 1. The van der Waals surface area contributed by atoms with Crippen LogP contribution in [0.15, 0.2) is 189 Å². The maximum absolute atomic E-state index is 17.1. The molecule has 1 aliphatic heterocycles. The van der Waals surface area contributed by atoms with Crippen LogP contribution in [0.1, 0.15) is 39.6 Å². The fraction of sp³-hybridized carbons (Fsp3) is 0.196. The highest BCUT2D eigenvalue weighted by Gasteiger charge is 2.49. The number of aromatic nitrogens is 4. The van der Waals surface area contributed by atoms with Crippen molar-refractivity contribution < 1.29 is 36.7 Å². The lowest BCUT2D eigenvalue weighted by atomic mass is 9.77. The van der Waals surface area contributed by atoms with Crippen LogP contribution in [0.25, 0.3) is 11.2 Å². The van der Waals surface area contributed by atoms with Crippen molar-refractivity contribution in [1.82, 2.24) is 19.5 Å². The standard InChI is InChI=1S/C51H47FN5O7P/c1-59-43-29-27-39(28-30-43)31-60-47-45(52)44(34-63-65(58,61-32-37-17-7-2-8-18-37)62-33-38-19-9-3-10-20-38)64-50(47)57-36-55-46-48(53-35-54-49(46)57)56-51(40-21-11-4-12-22-40,41-23-13-5-14-24-41)42-25-15-6-16-26-42/h2-30,35-36,44-45,47,50H,31-34H2,1H3,(H,53,54,56)/t44-,45+,47-,50-/m1/s1. The molecule has 0 spiro atoms. The van der Waals surface area contributed by atoms with Crippen molar-refractivity contribution in [2.45, 2.75) is 50.0 Å². The third kappa shape index (κ3) is 9.76. The predicted molar refractivity (Wildman–Crippen MR) is 245 cm³/mol. The van der Waals surface area contributed by atoms with Crippen LogP contribution in [0, 0.1) is 0 Å². The summed E-state index contributed by atoms with van der Waals surface area (Å²) in [6, 6.07) is 56.1. The Labute approximate surface area is 376 Å². The number of nitrogens with one attached hydrogen (secondary N) is 1. The number of hydrogen-bond donors (Lipinski definition) is 1. The van der Waals surface area contributed by atoms with Gasteiger partial charge in [-0.05, 0) is 45.5 Å². The number of methoxy groups -OCH3 is 1. The molecular weight excluding hydrogens is 845 g/mol. The van der Waals surface area contributed by atoms with E-state index in [4.69, 9.17) is 37.7 Å². The molecule has 1 fully saturated rings. The molecule has 1 saturated heterocycles. The number of alkyl halides is 1. The van der Waals surface area contributed by atoms with Gasteiger partial charge in [0.2, 0.25) is 0 Å². The highest BCUT2D eigenvalue weighted by Crippen LogP contribution is 2.52. The molecule has 12 nitrogen and oxygen atoms in total. The van der Waals surface area contributed by atoms with Gasteiger partial charge >= 0.3 is 7.82 Å². The van der Waals surface area contributed by atoms with E-state index in [1.165, 1.54) is 6.33 Å². The van der Waals surface area contributed by atoms with Gasteiger partial charge in [-0.3, -0.25) is 18.1 Å². The zero-order valence-electron chi connectivity index (χ0n) is 35.5. The number of phosphoric acid groups is 1. The highest BCUT2D eigenvalue weighted by atomic mass is 31.2. The Morgan fingerprint density at radius 2 is 1.15 bits per heavy atom. The molecule has 9 rings (SSSR count). The quantitative estimate of drug-likeness (QED) is 0.0615. The van der Waals surface area contributed by atoms with Gasteiger partial charge in [-0.2, -0.15) is 0 Å². The maximum Gasteiger partial charge on any atom is 0.475 e. The zero-order valence-corrected chi connectivity index (χ0v) is 36.4. The minimum absolute atomic E-state index is 0.0452. The summed E-state index contributed by atoms with van der Waals surface area (Å²) in [4.78, 5) is 14.2. The van der Waals surface area contributed by atoms with Crippen molar-refractivity contribution >= 4 is 24.8 Å². The van der Waals surface area contributed by atoms with Crippen LogP contribution in [0.2, 0.25) is 0 Å². The van der Waals surface area contributed by atoms with Gasteiger partial charge in [-0.1, -0.05) is 164 Å². The van der Waals surface area contributed by atoms with E-state index in [0.29, 0.717) is 22.7 Å². The lowest BCUT2D eigenvalue weighted by molar-refractivity contribution is -0.0745. The molecule has 1 N–H and O–H groups in total. The first-order valence-corrected chi connectivity index (χ1v) is 22.7. The van der Waals surface area contributed by atoms with Crippen LogP contribution < -0.4 is 10.1 Å². The minimum atomic E-state index is -4.29. The number of ether oxygens (including phenoxy) is 3. The fourth-order valence-corrected chi connectivity index (χ4v) is 9.13. The van der Waals surface area contributed by atoms with Crippen LogP contribution >= 0.6 is 7.82 Å². The number of fused-ring (bicyclic) bond motifs is 1. The Hall–Kier alpha value is -6.57. The van der Waals surface area contributed by atoms with Gasteiger partial charge in [0.25, 0.3) is 0 Å². The summed E-state index contributed by atoms with van der Waals surface area (Å²) in [5, 5.41) is 3.80. The lowest BCUT2D eigenvalue weighted by Crippen LogP contribution is -2.38. The van der Waals surface area contributed by atoms with E-state index >= 15 is 4.39 Å². The van der Waals surface area contributed by atoms with Crippen molar-refractivity contribution in [2.24, 2.45) is 0 Å². The van der Waals surface area contributed by atoms with E-state index < -0.39 is 44.6 Å². The third-order valence-electron chi connectivity index (χ3n) is 11.3. The number of anilines is 1. The zero-order chi connectivity index (χ0) is 44.5. The van der Waals surface area contributed by atoms with Gasteiger partial charge in [-0.25, -0.2) is 23.9 Å². The van der Waals surface area contributed by atoms with Crippen LogP contribution in [0.5, 0.6) is 5.75 Å². The molecule has 2 aromatic heterocycles. The summed E-state index contributed by atoms with van der Waals surface area (Å²) < 4.78 is 68.8. The molecule has 0 radical (unpaired) electrons. The van der Waals surface area contributed by atoms with E-state index in [2.05, 4.69) is 46.7 Å². The first-order valence-electron chi connectivity index (χ1n) is 21.2.